The number of rotatable bonds is 25. The molecule has 0 saturated carbocycles. The van der Waals surface area contributed by atoms with Crippen molar-refractivity contribution in [3.05, 3.63) is 58.7 Å². The summed E-state index contributed by atoms with van der Waals surface area (Å²) in [5, 5.41) is 21.1. The van der Waals surface area contributed by atoms with E-state index in [1.165, 1.54) is 51.4 Å². The monoisotopic (exact) mass is 722 g/mol. The third-order valence-corrected chi connectivity index (χ3v) is 9.70. The Kier molecular flexibility index (Phi) is 21.9. The molecule has 0 bridgehead atoms. The first-order chi connectivity index (χ1) is 25.1. The first-order valence-electron chi connectivity index (χ1n) is 20.0. The number of carbonyl (C=O) groups is 4. The molecule has 52 heavy (non-hydrogen) atoms. The quantitative estimate of drug-likeness (QED) is 0.0445. The molecule has 6 N–H and O–H groups in total. The minimum absolute atomic E-state index is 0.0634. The summed E-state index contributed by atoms with van der Waals surface area (Å²) in [4.78, 5) is 52.4. The lowest BCUT2D eigenvalue weighted by atomic mass is 9.87. The molecule has 2 rings (SSSR count). The first-order valence-corrected chi connectivity index (χ1v) is 20.0. The number of hydrogen-bond acceptors (Lipinski definition) is 6. The van der Waals surface area contributed by atoms with E-state index in [1.54, 1.807) is 24.3 Å². The van der Waals surface area contributed by atoms with Crippen LogP contribution in [0.15, 0.2) is 36.4 Å². The molecule has 2 unspecified atom stereocenters. The van der Waals surface area contributed by atoms with Crippen molar-refractivity contribution in [3.63, 3.8) is 0 Å². The molecule has 0 aliphatic carbocycles. The topological polar surface area (TPSA) is 157 Å². The van der Waals surface area contributed by atoms with E-state index in [9.17, 15) is 29.4 Å². The molecule has 10 nitrogen and oxygen atoms in total. The van der Waals surface area contributed by atoms with Gasteiger partial charge in [0.25, 0.3) is 11.8 Å². The summed E-state index contributed by atoms with van der Waals surface area (Å²) < 4.78 is 0. The molecule has 10 heteroatoms. The van der Waals surface area contributed by atoms with E-state index in [1.807, 2.05) is 26.0 Å². The largest absolute Gasteiger partial charge is 0.507 e. The number of amides is 4. The van der Waals surface area contributed by atoms with Crippen molar-refractivity contribution in [2.45, 2.75) is 156 Å². The smallest absolute Gasteiger partial charge is 0.273 e. The number of carbonyl (C=O) groups excluding carboxylic acids is 4. The van der Waals surface area contributed by atoms with Crippen LogP contribution in [-0.2, 0) is 22.4 Å². The van der Waals surface area contributed by atoms with Crippen LogP contribution in [0.2, 0.25) is 0 Å². The van der Waals surface area contributed by atoms with Gasteiger partial charge in [-0.15, -0.1) is 0 Å². The average Bonchev–Trinajstić information content (AvgIpc) is 3.13. The minimum atomic E-state index is -0.631. The Morgan fingerprint density at radius 1 is 0.500 bits per heavy atom. The van der Waals surface area contributed by atoms with E-state index in [2.05, 4.69) is 35.6 Å². The zero-order valence-corrected chi connectivity index (χ0v) is 32.3. The van der Waals surface area contributed by atoms with E-state index >= 15 is 0 Å². The number of phenolic OH excluding ortho intramolecular Hbond substituents is 2. The summed E-state index contributed by atoms with van der Waals surface area (Å²) in [5.41, 5.74) is 11.9. The lowest BCUT2D eigenvalue weighted by molar-refractivity contribution is -0.129. The minimum Gasteiger partial charge on any atom is -0.507 e. The molecule has 0 spiro atoms. The van der Waals surface area contributed by atoms with Crippen LogP contribution in [0.3, 0.4) is 0 Å². The van der Waals surface area contributed by atoms with Crippen molar-refractivity contribution in [3.8, 4) is 11.5 Å². The summed E-state index contributed by atoms with van der Waals surface area (Å²) in [5.74, 6) is -3.55. The van der Waals surface area contributed by atoms with Gasteiger partial charge in [-0.05, 0) is 80.3 Å². The number of phenols is 2. The maximum Gasteiger partial charge on any atom is 0.273 e. The van der Waals surface area contributed by atoms with Crippen molar-refractivity contribution in [2.75, 3.05) is 0 Å². The van der Waals surface area contributed by atoms with Crippen molar-refractivity contribution in [1.82, 2.24) is 21.7 Å². The molecule has 0 heterocycles. The molecule has 0 aromatic heterocycles. The van der Waals surface area contributed by atoms with Gasteiger partial charge in [0.15, 0.2) is 0 Å². The predicted molar refractivity (Wildman–Crippen MR) is 208 cm³/mol. The van der Waals surface area contributed by atoms with Crippen LogP contribution in [-0.4, -0.2) is 33.8 Å². The van der Waals surface area contributed by atoms with Gasteiger partial charge in [0.1, 0.15) is 11.5 Å². The summed E-state index contributed by atoms with van der Waals surface area (Å²) >= 11 is 0. The van der Waals surface area contributed by atoms with Gasteiger partial charge < -0.3 is 10.2 Å². The van der Waals surface area contributed by atoms with Crippen molar-refractivity contribution < 1.29 is 29.4 Å². The Morgan fingerprint density at radius 3 is 1.31 bits per heavy atom. The highest BCUT2D eigenvalue weighted by atomic mass is 16.3. The van der Waals surface area contributed by atoms with Gasteiger partial charge in [-0.1, -0.05) is 123 Å². The predicted octanol–water partition coefficient (Wildman–Crippen LogP) is 8.74. The summed E-state index contributed by atoms with van der Waals surface area (Å²) in [6.45, 7) is 8.34. The molecule has 2 aromatic rings. The average molecular weight is 723 g/mol. The van der Waals surface area contributed by atoms with Gasteiger partial charge in [0.05, 0.1) is 11.1 Å². The molecule has 0 aliphatic heterocycles. The van der Waals surface area contributed by atoms with E-state index < -0.39 is 35.5 Å². The van der Waals surface area contributed by atoms with Crippen molar-refractivity contribution >= 4 is 23.6 Å². The van der Waals surface area contributed by atoms with Gasteiger partial charge >= 0.3 is 0 Å². The molecule has 290 valence electrons. The molecule has 2 aromatic carbocycles. The number of nitrogens with one attached hydrogen (secondary N) is 4. The number of unbranched alkanes of at least 4 members (excludes halogenated alkanes) is 11. The van der Waals surface area contributed by atoms with Crippen LogP contribution in [0.25, 0.3) is 0 Å². The summed E-state index contributed by atoms with van der Waals surface area (Å²) in [6, 6.07) is 9.99. The Bertz CT molecular complexity index is 1380. The zero-order chi connectivity index (χ0) is 38.1. The Hall–Kier alpha value is -4.08. The van der Waals surface area contributed by atoms with Gasteiger partial charge in [-0.2, -0.15) is 0 Å². The van der Waals surface area contributed by atoms with Crippen LogP contribution in [0.5, 0.6) is 11.5 Å². The van der Waals surface area contributed by atoms with E-state index in [-0.39, 0.29) is 29.0 Å². The molecule has 2 atom stereocenters. The molecule has 4 amide bonds. The zero-order valence-electron chi connectivity index (χ0n) is 32.3. The lowest BCUT2D eigenvalue weighted by Crippen LogP contribution is -2.47. The first kappa shape index (κ1) is 44.1. The highest BCUT2D eigenvalue weighted by Crippen LogP contribution is 2.24. The van der Waals surface area contributed by atoms with Crippen LogP contribution in [0.1, 0.15) is 175 Å². The SMILES string of the molecule is CCCCCCCCc1ccc(C(=O)NNC(=O)C(CCC)CC(CCCC)C(=O)NNC(=O)c2ccc(CCCCCCCC)cc2O)c(O)c1. The molecule has 0 radical (unpaired) electrons. The fraction of sp³-hybridized carbons (Fsp3) is 0.619. The third kappa shape index (κ3) is 16.5. The van der Waals surface area contributed by atoms with Crippen LogP contribution < -0.4 is 21.7 Å². The van der Waals surface area contributed by atoms with E-state index in [0.29, 0.717) is 19.3 Å². The number of hydrogen-bond donors (Lipinski definition) is 6. The normalized spacial score (nSPS) is 12.2. The van der Waals surface area contributed by atoms with Gasteiger partial charge in [0, 0.05) is 11.8 Å². The highest BCUT2D eigenvalue weighted by Gasteiger charge is 2.28. The number of aryl methyl sites for hydroxylation is 2. The summed E-state index contributed by atoms with van der Waals surface area (Å²) in [6.07, 6.45) is 19.2. The van der Waals surface area contributed by atoms with E-state index in [0.717, 1.165) is 62.5 Å². The second-order valence-corrected chi connectivity index (χ2v) is 14.2. The number of hydrazine groups is 2. The van der Waals surface area contributed by atoms with Crippen molar-refractivity contribution in [2.24, 2.45) is 11.8 Å². The van der Waals surface area contributed by atoms with Gasteiger partial charge in [-0.3, -0.25) is 40.9 Å². The van der Waals surface area contributed by atoms with Crippen LogP contribution >= 0.6 is 0 Å². The number of benzene rings is 2. The van der Waals surface area contributed by atoms with Crippen LogP contribution in [0, 0.1) is 11.8 Å². The van der Waals surface area contributed by atoms with Crippen LogP contribution in [0.4, 0.5) is 0 Å². The Labute approximate surface area is 312 Å². The molecule has 0 aliphatic rings. The lowest BCUT2D eigenvalue weighted by Gasteiger charge is -2.23. The molecule has 0 fully saturated rings. The third-order valence-electron chi connectivity index (χ3n) is 9.70. The van der Waals surface area contributed by atoms with E-state index in [4.69, 9.17) is 0 Å². The van der Waals surface area contributed by atoms with Crippen molar-refractivity contribution in [1.29, 1.82) is 0 Å². The number of aromatic hydroxyl groups is 2. The standard InChI is InChI=1S/C42H66N4O6/c1-5-9-12-14-16-18-21-31-24-26-35(37(47)28-31)41(51)45-43-39(49)33(20-8-4)30-34(23-11-7-3)40(50)44-46-42(52)36-27-25-32(29-38(36)48)22-19-17-15-13-10-6-2/h24-29,33-34,47-48H,5-23,30H2,1-4H3,(H,43,49)(H,44,50)(H,45,51)(H,46,52). The Balaban J connectivity index is 1.93. The fourth-order valence-corrected chi connectivity index (χ4v) is 6.50. The fourth-order valence-electron chi connectivity index (χ4n) is 6.50. The van der Waals surface area contributed by atoms with Gasteiger partial charge in [-0.25, -0.2) is 0 Å². The molecular weight excluding hydrogens is 656 g/mol. The Morgan fingerprint density at radius 2 is 0.904 bits per heavy atom. The molecule has 0 saturated heterocycles. The second kappa shape index (κ2) is 25.8. The maximum atomic E-state index is 13.3. The maximum absolute atomic E-state index is 13.3. The second-order valence-electron chi connectivity index (χ2n) is 14.2. The summed E-state index contributed by atoms with van der Waals surface area (Å²) in [7, 11) is 0. The molecular formula is C42H66N4O6. The van der Waals surface area contributed by atoms with Gasteiger partial charge in [0.2, 0.25) is 11.8 Å². The highest BCUT2D eigenvalue weighted by molar-refractivity contribution is 5.98.